The van der Waals surface area contributed by atoms with Crippen LogP contribution < -0.4 is 10.1 Å². The predicted molar refractivity (Wildman–Crippen MR) is 109 cm³/mol. The molecule has 0 radical (unpaired) electrons. The van der Waals surface area contributed by atoms with E-state index in [4.69, 9.17) is 4.74 Å². The zero-order valence-corrected chi connectivity index (χ0v) is 16.5. The quantitative estimate of drug-likeness (QED) is 0.852. The van der Waals surface area contributed by atoms with Gasteiger partial charge in [0.25, 0.3) is 0 Å². The molecule has 0 bridgehead atoms. The van der Waals surface area contributed by atoms with Crippen LogP contribution in [0.2, 0.25) is 0 Å². The van der Waals surface area contributed by atoms with Crippen LogP contribution in [0, 0.1) is 13.8 Å². The van der Waals surface area contributed by atoms with Crippen molar-refractivity contribution in [3.8, 4) is 5.75 Å². The molecule has 5 nitrogen and oxygen atoms in total. The van der Waals surface area contributed by atoms with Crippen molar-refractivity contribution in [3.05, 3.63) is 59.2 Å². The molecule has 1 aliphatic heterocycles. The van der Waals surface area contributed by atoms with Gasteiger partial charge in [-0.25, -0.2) is 0 Å². The molecule has 0 unspecified atom stereocenters. The minimum absolute atomic E-state index is 0.0601. The second-order valence-corrected chi connectivity index (χ2v) is 7.20. The third kappa shape index (κ3) is 5.31. The average Bonchev–Trinajstić information content (AvgIpc) is 2.67. The number of carbonyl (C=O) groups excluding carboxylic acids is 1. The van der Waals surface area contributed by atoms with Crippen molar-refractivity contribution in [1.82, 2.24) is 9.80 Å². The van der Waals surface area contributed by atoms with Gasteiger partial charge >= 0.3 is 0 Å². The Kier molecular flexibility index (Phi) is 6.48. The van der Waals surface area contributed by atoms with E-state index in [1.807, 2.05) is 31.2 Å². The molecule has 1 amide bonds. The number of benzene rings is 2. The lowest BCUT2D eigenvalue weighted by molar-refractivity contribution is -0.117. The van der Waals surface area contributed by atoms with Crippen LogP contribution in [0.4, 0.5) is 5.69 Å². The first-order chi connectivity index (χ1) is 13.0. The summed E-state index contributed by atoms with van der Waals surface area (Å²) in [6.07, 6.45) is 0. The Labute approximate surface area is 161 Å². The number of amides is 1. The molecular formula is C22H29N3O2. The number of nitrogens with zero attached hydrogens (tertiary/aromatic N) is 2. The van der Waals surface area contributed by atoms with E-state index in [2.05, 4.69) is 40.2 Å². The van der Waals surface area contributed by atoms with Gasteiger partial charge in [0.2, 0.25) is 5.91 Å². The number of carbonyl (C=O) groups is 1. The van der Waals surface area contributed by atoms with Crippen LogP contribution in [0.15, 0.2) is 42.5 Å². The molecule has 0 spiro atoms. The minimum atomic E-state index is 0.0601. The van der Waals surface area contributed by atoms with E-state index < -0.39 is 0 Å². The van der Waals surface area contributed by atoms with Gasteiger partial charge in [0.1, 0.15) is 5.75 Å². The molecule has 1 saturated heterocycles. The molecule has 1 fully saturated rings. The number of nitrogens with one attached hydrogen (secondary N) is 1. The lowest BCUT2D eigenvalue weighted by Gasteiger charge is -2.34. The largest absolute Gasteiger partial charge is 0.497 e. The summed E-state index contributed by atoms with van der Waals surface area (Å²) in [7, 11) is 1.70. The lowest BCUT2D eigenvalue weighted by Crippen LogP contribution is -2.48. The van der Waals surface area contributed by atoms with Gasteiger partial charge in [-0.05, 0) is 48.7 Å². The predicted octanol–water partition coefficient (Wildman–Crippen LogP) is 3.07. The topological polar surface area (TPSA) is 44.8 Å². The van der Waals surface area contributed by atoms with Crippen LogP contribution in [0.1, 0.15) is 16.7 Å². The SMILES string of the molecule is COc1cccc(CN2CCN(CC(=O)Nc3cccc(C)c3C)CC2)c1. The Bertz CT molecular complexity index is 783. The second-order valence-electron chi connectivity index (χ2n) is 7.20. The van der Waals surface area contributed by atoms with E-state index in [0.717, 1.165) is 49.7 Å². The normalized spacial score (nSPS) is 15.5. The summed E-state index contributed by atoms with van der Waals surface area (Å²) in [4.78, 5) is 17.1. The summed E-state index contributed by atoms with van der Waals surface area (Å²) < 4.78 is 5.30. The molecule has 1 N–H and O–H groups in total. The number of hydrogen-bond acceptors (Lipinski definition) is 4. The van der Waals surface area contributed by atoms with Crippen molar-refractivity contribution in [2.75, 3.05) is 45.2 Å². The number of methoxy groups -OCH3 is 1. The maximum absolute atomic E-state index is 12.4. The van der Waals surface area contributed by atoms with Crippen molar-refractivity contribution >= 4 is 11.6 Å². The molecule has 0 aromatic heterocycles. The van der Waals surface area contributed by atoms with E-state index in [9.17, 15) is 4.79 Å². The van der Waals surface area contributed by atoms with Crippen molar-refractivity contribution in [2.45, 2.75) is 20.4 Å². The highest BCUT2D eigenvalue weighted by Gasteiger charge is 2.19. The van der Waals surface area contributed by atoms with Gasteiger partial charge < -0.3 is 10.1 Å². The molecule has 0 aliphatic carbocycles. The van der Waals surface area contributed by atoms with Crippen molar-refractivity contribution in [1.29, 1.82) is 0 Å². The first kappa shape index (κ1) is 19.4. The first-order valence-corrected chi connectivity index (χ1v) is 9.49. The first-order valence-electron chi connectivity index (χ1n) is 9.49. The van der Waals surface area contributed by atoms with Gasteiger partial charge in [0.15, 0.2) is 0 Å². The van der Waals surface area contributed by atoms with Gasteiger partial charge in [0.05, 0.1) is 13.7 Å². The van der Waals surface area contributed by atoms with Gasteiger partial charge in [-0.15, -0.1) is 0 Å². The number of hydrogen-bond donors (Lipinski definition) is 1. The zero-order valence-electron chi connectivity index (χ0n) is 16.5. The van der Waals surface area contributed by atoms with Crippen LogP contribution in [0.25, 0.3) is 0 Å². The van der Waals surface area contributed by atoms with E-state index in [1.165, 1.54) is 11.1 Å². The van der Waals surface area contributed by atoms with E-state index >= 15 is 0 Å². The standard InChI is InChI=1S/C22H29N3O2/c1-17-6-4-9-21(18(17)2)23-22(26)16-25-12-10-24(11-13-25)15-19-7-5-8-20(14-19)27-3/h4-9,14H,10-13,15-16H2,1-3H3,(H,23,26). The van der Waals surface area contributed by atoms with E-state index in [1.54, 1.807) is 7.11 Å². The number of anilines is 1. The van der Waals surface area contributed by atoms with Crippen molar-refractivity contribution in [3.63, 3.8) is 0 Å². The maximum atomic E-state index is 12.4. The maximum Gasteiger partial charge on any atom is 0.238 e. The fourth-order valence-electron chi connectivity index (χ4n) is 3.41. The van der Waals surface area contributed by atoms with E-state index in [0.29, 0.717) is 6.54 Å². The summed E-state index contributed by atoms with van der Waals surface area (Å²) in [6.45, 7) is 9.21. The average molecular weight is 367 g/mol. The highest BCUT2D eigenvalue weighted by atomic mass is 16.5. The highest BCUT2D eigenvalue weighted by Crippen LogP contribution is 2.18. The van der Waals surface area contributed by atoms with Crippen LogP contribution in [-0.2, 0) is 11.3 Å². The monoisotopic (exact) mass is 367 g/mol. The molecule has 144 valence electrons. The van der Waals surface area contributed by atoms with Gasteiger partial charge in [-0.3, -0.25) is 14.6 Å². The second kappa shape index (κ2) is 9.02. The number of piperazine rings is 1. The lowest BCUT2D eigenvalue weighted by atomic mass is 10.1. The number of ether oxygens (including phenoxy) is 1. The Morgan fingerprint density at radius 3 is 2.48 bits per heavy atom. The van der Waals surface area contributed by atoms with Crippen molar-refractivity contribution in [2.24, 2.45) is 0 Å². The molecule has 1 aliphatic rings. The van der Waals surface area contributed by atoms with Crippen molar-refractivity contribution < 1.29 is 9.53 Å². The van der Waals surface area contributed by atoms with Gasteiger partial charge in [0, 0.05) is 38.4 Å². The molecule has 1 heterocycles. The molecule has 0 saturated carbocycles. The minimum Gasteiger partial charge on any atom is -0.497 e. The van der Waals surface area contributed by atoms with Crippen LogP contribution in [-0.4, -0.2) is 55.5 Å². The fourth-order valence-corrected chi connectivity index (χ4v) is 3.41. The van der Waals surface area contributed by atoms with Gasteiger partial charge in [-0.2, -0.15) is 0 Å². The highest BCUT2D eigenvalue weighted by molar-refractivity contribution is 5.93. The summed E-state index contributed by atoms with van der Waals surface area (Å²) in [5, 5.41) is 3.05. The summed E-state index contributed by atoms with van der Waals surface area (Å²) >= 11 is 0. The third-order valence-electron chi connectivity index (χ3n) is 5.25. The molecule has 27 heavy (non-hydrogen) atoms. The Morgan fingerprint density at radius 2 is 1.74 bits per heavy atom. The fraction of sp³-hybridized carbons (Fsp3) is 0.409. The van der Waals surface area contributed by atoms with E-state index in [-0.39, 0.29) is 5.91 Å². The van der Waals surface area contributed by atoms with Crippen LogP contribution in [0.3, 0.4) is 0 Å². The summed E-state index contributed by atoms with van der Waals surface area (Å²) in [6, 6.07) is 14.2. The molecule has 0 atom stereocenters. The Hall–Kier alpha value is -2.37. The summed E-state index contributed by atoms with van der Waals surface area (Å²) in [5.41, 5.74) is 4.50. The van der Waals surface area contributed by atoms with Gasteiger partial charge in [-0.1, -0.05) is 24.3 Å². The molecule has 5 heteroatoms. The van der Waals surface area contributed by atoms with Crippen LogP contribution >= 0.6 is 0 Å². The number of rotatable bonds is 6. The molecule has 2 aromatic rings. The number of aryl methyl sites for hydroxylation is 1. The smallest absolute Gasteiger partial charge is 0.238 e. The third-order valence-corrected chi connectivity index (χ3v) is 5.25. The Balaban J connectivity index is 1.46. The summed E-state index contributed by atoms with van der Waals surface area (Å²) in [5.74, 6) is 0.958. The molecular weight excluding hydrogens is 338 g/mol. The Morgan fingerprint density at radius 1 is 1.04 bits per heavy atom. The van der Waals surface area contributed by atoms with Crippen LogP contribution in [0.5, 0.6) is 5.75 Å². The molecule has 2 aromatic carbocycles. The molecule has 3 rings (SSSR count). The zero-order chi connectivity index (χ0) is 19.2.